The highest BCUT2D eigenvalue weighted by molar-refractivity contribution is 7.26. The second-order valence-electron chi connectivity index (χ2n) is 7.12. The zero-order valence-electron chi connectivity index (χ0n) is 16.2. The number of nitrogens with zero attached hydrogens (tertiary/aromatic N) is 7. The summed E-state index contributed by atoms with van der Waals surface area (Å²) < 4.78 is 31.1. The van der Waals surface area contributed by atoms with Crippen LogP contribution < -0.4 is 0 Å². The van der Waals surface area contributed by atoms with E-state index in [1.807, 2.05) is 30.3 Å². The van der Waals surface area contributed by atoms with Gasteiger partial charge in [-0.05, 0) is 17.2 Å². The van der Waals surface area contributed by atoms with Crippen LogP contribution in [0.4, 0.5) is 8.78 Å². The van der Waals surface area contributed by atoms with Gasteiger partial charge in [0.1, 0.15) is 28.1 Å². The van der Waals surface area contributed by atoms with Gasteiger partial charge in [0.05, 0.1) is 16.7 Å². The molecule has 6 aromatic rings. The summed E-state index contributed by atoms with van der Waals surface area (Å²) in [6, 6.07) is 10.8. The van der Waals surface area contributed by atoms with Crippen molar-refractivity contribution in [3.05, 3.63) is 71.7 Å². The van der Waals surface area contributed by atoms with Gasteiger partial charge in [-0.2, -0.15) is 5.10 Å². The van der Waals surface area contributed by atoms with Crippen LogP contribution in [-0.4, -0.2) is 34.3 Å². The number of fused-ring (bicyclic) bond motifs is 5. The molecule has 0 radical (unpaired) electrons. The Morgan fingerprint density at radius 3 is 2.72 bits per heavy atom. The van der Waals surface area contributed by atoms with Gasteiger partial charge < -0.3 is 0 Å². The molecule has 6 rings (SSSR count). The highest BCUT2D eigenvalue weighted by Gasteiger charge is 2.21. The molecule has 0 aliphatic carbocycles. The fourth-order valence-electron chi connectivity index (χ4n) is 3.69. The summed E-state index contributed by atoms with van der Waals surface area (Å²) in [5, 5.41) is 9.87. The van der Waals surface area contributed by atoms with Gasteiger partial charge in [-0.1, -0.05) is 41.9 Å². The van der Waals surface area contributed by atoms with Crippen LogP contribution in [0.5, 0.6) is 0 Å². The number of halogens is 3. The van der Waals surface area contributed by atoms with Crippen molar-refractivity contribution in [3.63, 3.8) is 0 Å². The Balaban J connectivity index is 1.59. The highest BCUT2D eigenvalue weighted by Crippen LogP contribution is 2.40. The van der Waals surface area contributed by atoms with E-state index in [0.717, 1.165) is 15.6 Å². The van der Waals surface area contributed by atoms with Crippen molar-refractivity contribution < 1.29 is 8.78 Å². The lowest BCUT2D eigenvalue weighted by molar-refractivity contribution is 0.146. The van der Waals surface area contributed by atoms with E-state index in [4.69, 9.17) is 11.6 Å². The largest absolute Gasteiger partial charge is 0.280 e. The molecule has 0 spiro atoms. The molecule has 158 valence electrons. The monoisotopic (exact) mass is 467 g/mol. The minimum atomic E-state index is -2.68. The molecule has 7 nitrogen and oxygen atoms in total. The summed E-state index contributed by atoms with van der Waals surface area (Å²) in [5.74, 6) is 0.529. The first-order valence-electron chi connectivity index (χ1n) is 9.56. The third-order valence-electron chi connectivity index (χ3n) is 5.04. The number of thiophene rings is 1. The molecule has 5 heterocycles. The van der Waals surface area contributed by atoms with Crippen molar-refractivity contribution in [1.82, 2.24) is 34.3 Å². The number of benzene rings is 1. The molecule has 0 fully saturated rings. The maximum absolute atomic E-state index is 13.6. The van der Waals surface area contributed by atoms with Gasteiger partial charge in [-0.25, -0.2) is 28.2 Å². The first-order valence-corrected chi connectivity index (χ1v) is 10.8. The Bertz CT molecular complexity index is 1610. The van der Waals surface area contributed by atoms with Crippen molar-refractivity contribution in [3.8, 4) is 11.1 Å². The lowest BCUT2D eigenvalue weighted by Gasteiger charge is -2.07. The van der Waals surface area contributed by atoms with E-state index in [1.54, 1.807) is 27.9 Å². The Morgan fingerprint density at radius 1 is 1.12 bits per heavy atom. The Morgan fingerprint density at radius 2 is 1.97 bits per heavy atom. The molecule has 5 aromatic heterocycles. The van der Waals surface area contributed by atoms with Crippen molar-refractivity contribution in [1.29, 1.82) is 0 Å². The molecule has 0 aliphatic rings. The summed E-state index contributed by atoms with van der Waals surface area (Å²) in [5.41, 5.74) is 2.46. The molecule has 11 heteroatoms. The molecule has 0 amide bonds. The molecule has 0 unspecified atom stereocenters. The molecule has 0 atom stereocenters. The van der Waals surface area contributed by atoms with Crippen molar-refractivity contribution in [2.45, 2.75) is 13.0 Å². The fourth-order valence-corrected chi connectivity index (χ4v) is 4.98. The van der Waals surface area contributed by atoms with Gasteiger partial charge in [0.25, 0.3) is 6.43 Å². The average molecular weight is 468 g/mol. The fraction of sp³-hybridized carbons (Fsp3) is 0.0952. The minimum Gasteiger partial charge on any atom is -0.263 e. The van der Waals surface area contributed by atoms with E-state index in [-0.39, 0.29) is 5.69 Å². The van der Waals surface area contributed by atoms with Gasteiger partial charge in [-0.3, -0.25) is 4.68 Å². The molecular formula is C21H12ClF2N7S. The molecule has 1 aromatic carbocycles. The second kappa shape index (κ2) is 7.28. The smallest absolute Gasteiger partial charge is 0.263 e. The van der Waals surface area contributed by atoms with Gasteiger partial charge in [0, 0.05) is 11.6 Å². The second-order valence-corrected chi connectivity index (χ2v) is 8.55. The van der Waals surface area contributed by atoms with Crippen LogP contribution in [0, 0.1) is 0 Å². The van der Waals surface area contributed by atoms with Crippen LogP contribution in [0.25, 0.3) is 37.2 Å². The zero-order valence-corrected chi connectivity index (χ0v) is 17.7. The van der Waals surface area contributed by atoms with Crippen molar-refractivity contribution >= 4 is 49.0 Å². The zero-order chi connectivity index (χ0) is 21.8. The highest BCUT2D eigenvalue weighted by atomic mass is 35.5. The summed E-state index contributed by atoms with van der Waals surface area (Å²) in [6.07, 6.45) is 2.12. The third kappa shape index (κ3) is 3.10. The maximum atomic E-state index is 13.6. The molecule has 0 bridgehead atoms. The van der Waals surface area contributed by atoms with Gasteiger partial charge in [-0.15, -0.1) is 16.4 Å². The van der Waals surface area contributed by atoms with Crippen molar-refractivity contribution in [2.24, 2.45) is 0 Å². The van der Waals surface area contributed by atoms with E-state index in [9.17, 15) is 8.78 Å². The topological polar surface area (TPSA) is 73.8 Å². The van der Waals surface area contributed by atoms with E-state index >= 15 is 0 Å². The number of pyridine rings is 1. The number of hydrogen-bond acceptors (Lipinski definition) is 6. The SMILES string of the molecule is FC(F)c1cc(-c2ccccc2)c2c(n1)sc1c2ncn2nc(Cn3cc(Cl)cn3)nc12. The Labute approximate surface area is 187 Å². The Hall–Kier alpha value is -3.50. The number of hydrogen-bond donors (Lipinski definition) is 0. The summed E-state index contributed by atoms with van der Waals surface area (Å²) in [7, 11) is 0. The number of alkyl halides is 2. The van der Waals surface area contributed by atoms with E-state index in [2.05, 4.69) is 25.1 Å². The molecule has 32 heavy (non-hydrogen) atoms. The van der Waals surface area contributed by atoms with Crippen LogP contribution in [0.2, 0.25) is 5.02 Å². The van der Waals surface area contributed by atoms with E-state index in [0.29, 0.717) is 38.9 Å². The molecule has 0 saturated heterocycles. The average Bonchev–Trinajstić information content (AvgIpc) is 3.49. The van der Waals surface area contributed by atoms with Gasteiger partial charge in [0.15, 0.2) is 11.5 Å². The molecule has 0 N–H and O–H groups in total. The summed E-state index contributed by atoms with van der Waals surface area (Å²) in [6.45, 7) is 0.337. The summed E-state index contributed by atoms with van der Waals surface area (Å²) >= 11 is 7.21. The molecule has 0 aliphatic heterocycles. The first kappa shape index (κ1) is 19.2. The van der Waals surface area contributed by atoms with Gasteiger partial charge in [0.2, 0.25) is 0 Å². The predicted molar refractivity (Wildman–Crippen MR) is 118 cm³/mol. The number of rotatable bonds is 4. The number of aromatic nitrogens is 7. The van der Waals surface area contributed by atoms with Crippen LogP contribution in [0.15, 0.2) is 55.1 Å². The third-order valence-corrected chi connectivity index (χ3v) is 6.31. The predicted octanol–water partition coefficient (Wildman–Crippen LogP) is 5.39. The maximum Gasteiger partial charge on any atom is 0.280 e. The lowest BCUT2D eigenvalue weighted by atomic mass is 10.0. The molecule has 0 saturated carbocycles. The minimum absolute atomic E-state index is 0.267. The van der Waals surface area contributed by atoms with Crippen LogP contribution >= 0.6 is 22.9 Å². The Kier molecular flexibility index (Phi) is 4.37. The summed E-state index contributed by atoms with van der Waals surface area (Å²) in [4.78, 5) is 13.9. The van der Waals surface area contributed by atoms with Crippen LogP contribution in [0.3, 0.4) is 0 Å². The quantitative estimate of drug-likeness (QED) is 0.347. The van der Waals surface area contributed by atoms with Crippen LogP contribution in [0.1, 0.15) is 17.9 Å². The van der Waals surface area contributed by atoms with E-state index in [1.165, 1.54) is 17.4 Å². The van der Waals surface area contributed by atoms with Crippen LogP contribution in [-0.2, 0) is 6.54 Å². The molecular weight excluding hydrogens is 456 g/mol. The standard InChI is InChI=1S/C21H12ClF2N7S/c22-12-7-26-30(8-12)9-15-28-20-18-17(25-10-31(20)29-15)16-13(11-4-2-1-3-5-11)6-14(19(23)24)27-21(16)32-18/h1-8,10,19H,9H2. The lowest BCUT2D eigenvalue weighted by Crippen LogP contribution is -2.01. The van der Waals surface area contributed by atoms with E-state index < -0.39 is 6.43 Å². The van der Waals surface area contributed by atoms with Gasteiger partial charge >= 0.3 is 0 Å². The first-order chi connectivity index (χ1) is 15.6. The normalized spacial score (nSPS) is 12.0. The van der Waals surface area contributed by atoms with Crippen molar-refractivity contribution in [2.75, 3.05) is 0 Å².